The van der Waals surface area contributed by atoms with Gasteiger partial charge in [0.2, 0.25) is 5.91 Å². The number of nitrogens with zero attached hydrogens (tertiary/aromatic N) is 1. The van der Waals surface area contributed by atoms with Gasteiger partial charge in [-0.05, 0) is 19.3 Å². The van der Waals surface area contributed by atoms with Crippen molar-refractivity contribution in [3.8, 4) is 0 Å². The van der Waals surface area contributed by atoms with Gasteiger partial charge in [-0.15, -0.1) is 0 Å². The highest BCUT2D eigenvalue weighted by Crippen LogP contribution is 2.17. The molecule has 0 aromatic rings. The lowest BCUT2D eigenvalue weighted by Crippen LogP contribution is -2.44. The van der Waals surface area contributed by atoms with E-state index in [0.717, 1.165) is 32.1 Å². The summed E-state index contributed by atoms with van der Waals surface area (Å²) in [6, 6.07) is -0.156. The fourth-order valence-electron chi connectivity index (χ4n) is 5.91. The molecular formula is C38H73NO5. The lowest BCUT2D eigenvalue weighted by atomic mass is 10.0. The Kier molecular flexibility index (Phi) is 33.4. The Bertz CT molecular complexity index is 653. The van der Waals surface area contributed by atoms with Crippen LogP contribution in [0.5, 0.6) is 0 Å². The third-order valence-electron chi connectivity index (χ3n) is 8.70. The Labute approximate surface area is 272 Å². The van der Waals surface area contributed by atoms with Crippen molar-refractivity contribution >= 4 is 11.9 Å². The summed E-state index contributed by atoms with van der Waals surface area (Å²) < 4.78 is 5.66. The van der Waals surface area contributed by atoms with Crippen LogP contribution in [0.25, 0.3) is 0 Å². The molecule has 6 heteroatoms. The predicted molar refractivity (Wildman–Crippen MR) is 186 cm³/mol. The molecule has 260 valence electrons. The van der Waals surface area contributed by atoms with E-state index in [9.17, 15) is 19.8 Å². The Hall–Kier alpha value is -1.40. The first kappa shape index (κ1) is 42.6. The number of aliphatic hydroxyl groups is 1. The molecule has 2 N–H and O–H groups in total. The number of aliphatic carboxylic acids is 1. The number of hydrogen-bond acceptors (Lipinski definition) is 4. The largest absolute Gasteiger partial charge is 0.481 e. The summed E-state index contributed by atoms with van der Waals surface area (Å²) in [5.74, 6) is -0.925. The summed E-state index contributed by atoms with van der Waals surface area (Å²) in [6.45, 7) is 5.22. The molecule has 0 aliphatic rings. The zero-order valence-electron chi connectivity index (χ0n) is 29.2. The molecule has 44 heavy (non-hydrogen) atoms. The first-order valence-electron chi connectivity index (χ1n) is 18.9. The number of carbonyl (C=O) groups is 2. The molecule has 1 atom stereocenters. The van der Waals surface area contributed by atoms with Crippen LogP contribution in [0, 0.1) is 0 Å². The van der Waals surface area contributed by atoms with Crippen LogP contribution in [0.15, 0.2) is 12.2 Å². The fraction of sp³-hybridized carbons (Fsp3) is 0.895. The lowest BCUT2D eigenvalue weighted by molar-refractivity contribution is -0.140. The molecular weight excluding hydrogens is 550 g/mol. The van der Waals surface area contributed by atoms with Crippen LogP contribution in [0.4, 0.5) is 0 Å². The monoisotopic (exact) mass is 624 g/mol. The molecule has 0 fully saturated rings. The molecule has 1 unspecified atom stereocenters. The van der Waals surface area contributed by atoms with Gasteiger partial charge in [0.15, 0.2) is 0 Å². The van der Waals surface area contributed by atoms with Crippen molar-refractivity contribution in [3.63, 3.8) is 0 Å². The summed E-state index contributed by atoms with van der Waals surface area (Å²) >= 11 is 0. The van der Waals surface area contributed by atoms with E-state index in [1.54, 1.807) is 4.90 Å². The second kappa shape index (κ2) is 34.5. The van der Waals surface area contributed by atoms with Gasteiger partial charge in [0.05, 0.1) is 32.3 Å². The molecule has 0 heterocycles. The van der Waals surface area contributed by atoms with Gasteiger partial charge >= 0.3 is 5.97 Å². The zero-order chi connectivity index (χ0) is 32.4. The van der Waals surface area contributed by atoms with Crippen LogP contribution < -0.4 is 0 Å². The molecule has 1 amide bonds. The van der Waals surface area contributed by atoms with Crippen molar-refractivity contribution in [3.05, 3.63) is 12.2 Å². The summed E-state index contributed by atoms with van der Waals surface area (Å²) in [7, 11) is 0. The van der Waals surface area contributed by atoms with E-state index in [0.29, 0.717) is 13.0 Å². The maximum Gasteiger partial charge on any atom is 0.305 e. The molecule has 0 aliphatic heterocycles. The smallest absolute Gasteiger partial charge is 0.305 e. The minimum Gasteiger partial charge on any atom is -0.481 e. The Balaban J connectivity index is 4.38. The van der Waals surface area contributed by atoms with E-state index in [1.165, 1.54) is 128 Å². The Morgan fingerprint density at radius 3 is 1.57 bits per heavy atom. The number of unbranched alkanes of at least 4 members (excludes halogenated alkanes) is 22. The summed E-state index contributed by atoms with van der Waals surface area (Å²) in [5.41, 5.74) is 0. The summed E-state index contributed by atoms with van der Waals surface area (Å²) in [6.07, 6.45) is 36.1. The standard InChI is InChI=1S/C38H73NO5/c1-3-5-7-9-11-13-15-16-17-18-19-20-21-23-25-27-29-36(35-44-34-33-40)39(32-31-38(42)43)37(41)30-28-26-24-22-14-12-10-8-6-4-2/h26,28,36,40H,3-25,27,29-35H2,1-2H3,(H,42,43). The number of carbonyl (C=O) groups excluding carboxylic acids is 1. The highest BCUT2D eigenvalue weighted by atomic mass is 16.5. The van der Waals surface area contributed by atoms with Crippen LogP contribution in [0.2, 0.25) is 0 Å². The predicted octanol–water partition coefficient (Wildman–Crippen LogP) is 10.4. The first-order chi connectivity index (χ1) is 21.6. The molecule has 0 aliphatic carbocycles. The Morgan fingerprint density at radius 2 is 1.11 bits per heavy atom. The van der Waals surface area contributed by atoms with Gasteiger partial charge in [-0.25, -0.2) is 0 Å². The highest BCUT2D eigenvalue weighted by molar-refractivity contribution is 5.78. The quantitative estimate of drug-likeness (QED) is 0.0542. The van der Waals surface area contributed by atoms with E-state index < -0.39 is 5.97 Å². The van der Waals surface area contributed by atoms with Crippen LogP contribution in [0.3, 0.4) is 0 Å². The number of hydrogen-bond donors (Lipinski definition) is 2. The third kappa shape index (κ3) is 29.3. The molecule has 0 bridgehead atoms. The molecule has 0 spiro atoms. The Morgan fingerprint density at radius 1 is 0.659 bits per heavy atom. The molecule has 0 saturated carbocycles. The number of carboxylic acid groups (broad SMARTS) is 1. The van der Waals surface area contributed by atoms with Crippen LogP contribution in [-0.2, 0) is 14.3 Å². The van der Waals surface area contributed by atoms with Crippen molar-refractivity contribution in [1.82, 2.24) is 4.90 Å². The maximum absolute atomic E-state index is 13.2. The molecule has 0 aromatic heterocycles. The summed E-state index contributed by atoms with van der Waals surface area (Å²) in [5, 5.41) is 18.5. The van der Waals surface area contributed by atoms with Gasteiger partial charge in [0.1, 0.15) is 0 Å². The zero-order valence-corrected chi connectivity index (χ0v) is 29.2. The van der Waals surface area contributed by atoms with Crippen molar-refractivity contribution in [2.75, 3.05) is 26.4 Å². The second-order valence-corrected chi connectivity index (χ2v) is 12.9. The van der Waals surface area contributed by atoms with E-state index in [2.05, 4.69) is 19.9 Å². The second-order valence-electron chi connectivity index (χ2n) is 12.9. The van der Waals surface area contributed by atoms with Crippen LogP contribution >= 0.6 is 0 Å². The molecule has 0 radical (unpaired) electrons. The topological polar surface area (TPSA) is 87.1 Å². The van der Waals surface area contributed by atoms with Crippen molar-refractivity contribution < 1.29 is 24.5 Å². The number of amides is 1. The summed E-state index contributed by atoms with van der Waals surface area (Å²) in [4.78, 5) is 26.3. The van der Waals surface area contributed by atoms with Crippen molar-refractivity contribution in [1.29, 1.82) is 0 Å². The van der Waals surface area contributed by atoms with Gasteiger partial charge in [-0.3, -0.25) is 9.59 Å². The van der Waals surface area contributed by atoms with Gasteiger partial charge < -0.3 is 19.8 Å². The number of aliphatic hydroxyl groups excluding tert-OH is 1. The molecule has 0 saturated heterocycles. The fourth-order valence-corrected chi connectivity index (χ4v) is 5.91. The van der Waals surface area contributed by atoms with Crippen molar-refractivity contribution in [2.24, 2.45) is 0 Å². The van der Waals surface area contributed by atoms with Crippen LogP contribution in [0.1, 0.15) is 187 Å². The van der Waals surface area contributed by atoms with Crippen LogP contribution in [-0.4, -0.2) is 59.4 Å². The maximum atomic E-state index is 13.2. The number of ether oxygens (including phenoxy) is 1. The SMILES string of the molecule is CCCCCCCCCC=CCC(=O)N(CCC(=O)O)C(CCCCCCCCCCCCCCCCCC)COCCO. The van der Waals surface area contributed by atoms with Gasteiger partial charge in [-0.2, -0.15) is 0 Å². The number of allylic oxidation sites excluding steroid dienone is 1. The van der Waals surface area contributed by atoms with Gasteiger partial charge in [0.25, 0.3) is 0 Å². The minimum atomic E-state index is -0.894. The minimum absolute atomic E-state index is 0.0313. The van der Waals surface area contributed by atoms with E-state index in [1.807, 2.05) is 6.08 Å². The van der Waals surface area contributed by atoms with E-state index in [4.69, 9.17) is 4.74 Å². The molecule has 0 aromatic carbocycles. The van der Waals surface area contributed by atoms with E-state index >= 15 is 0 Å². The molecule has 6 nitrogen and oxygen atoms in total. The normalized spacial score (nSPS) is 12.2. The first-order valence-corrected chi connectivity index (χ1v) is 18.9. The van der Waals surface area contributed by atoms with Gasteiger partial charge in [-0.1, -0.05) is 167 Å². The number of rotatable bonds is 35. The molecule has 0 rings (SSSR count). The third-order valence-corrected chi connectivity index (χ3v) is 8.70. The van der Waals surface area contributed by atoms with Crippen molar-refractivity contribution in [2.45, 2.75) is 193 Å². The van der Waals surface area contributed by atoms with Gasteiger partial charge in [0, 0.05) is 13.0 Å². The lowest BCUT2D eigenvalue weighted by Gasteiger charge is -2.31. The number of carboxylic acids is 1. The highest BCUT2D eigenvalue weighted by Gasteiger charge is 2.23. The average molecular weight is 624 g/mol. The van der Waals surface area contributed by atoms with E-state index in [-0.39, 0.29) is 38.1 Å². The average Bonchev–Trinajstić information content (AvgIpc) is 3.01.